The lowest BCUT2D eigenvalue weighted by Crippen LogP contribution is -2.58. The van der Waals surface area contributed by atoms with Crippen LogP contribution in [-0.2, 0) is 10.3 Å². The van der Waals surface area contributed by atoms with Gasteiger partial charge in [-0.2, -0.15) is 4.98 Å². The van der Waals surface area contributed by atoms with Crippen LogP contribution in [0.4, 0.5) is 5.82 Å². The SMILES string of the molecule is CC[C@]12COCCN1c1nc(-n3ccnc3-c3nccs3)ncc1-n1cnnc12. The van der Waals surface area contributed by atoms with E-state index in [1.807, 2.05) is 26.9 Å². The van der Waals surface area contributed by atoms with Crippen molar-refractivity contribution in [2.24, 2.45) is 0 Å². The molecule has 4 aromatic rings. The molecule has 0 saturated carbocycles. The topological polar surface area (TPSA) is 99.7 Å². The summed E-state index contributed by atoms with van der Waals surface area (Å²) in [6.45, 7) is 4.07. The molecule has 2 aliphatic heterocycles. The predicted octanol–water partition coefficient (Wildman–Crippen LogP) is 1.82. The van der Waals surface area contributed by atoms with Gasteiger partial charge in [0.1, 0.15) is 17.6 Å². The molecule has 146 valence electrons. The van der Waals surface area contributed by atoms with E-state index in [1.54, 1.807) is 18.7 Å². The average molecular weight is 407 g/mol. The fourth-order valence-electron chi connectivity index (χ4n) is 4.16. The number of anilines is 1. The summed E-state index contributed by atoms with van der Waals surface area (Å²) in [5.74, 6) is 3.00. The fraction of sp³-hybridized carbons (Fsp3) is 0.333. The zero-order chi connectivity index (χ0) is 19.4. The molecule has 1 fully saturated rings. The molecule has 29 heavy (non-hydrogen) atoms. The second-order valence-electron chi connectivity index (χ2n) is 6.95. The lowest BCUT2D eigenvalue weighted by atomic mass is 9.90. The first-order valence-corrected chi connectivity index (χ1v) is 10.3. The number of imidazole rings is 1. The molecule has 0 aliphatic carbocycles. The summed E-state index contributed by atoms with van der Waals surface area (Å²) in [6.07, 6.45) is 9.74. The molecule has 0 spiro atoms. The van der Waals surface area contributed by atoms with E-state index in [4.69, 9.17) is 9.72 Å². The smallest absolute Gasteiger partial charge is 0.237 e. The maximum atomic E-state index is 5.86. The first-order chi connectivity index (χ1) is 14.3. The lowest BCUT2D eigenvalue weighted by molar-refractivity contribution is 0.0390. The van der Waals surface area contributed by atoms with Crippen LogP contribution in [0.1, 0.15) is 19.2 Å². The molecule has 1 saturated heterocycles. The van der Waals surface area contributed by atoms with Gasteiger partial charge in [0.2, 0.25) is 5.95 Å². The van der Waals surface area contributed by atoms with E-state index in [-0.39, 0.29) is 5.54 Å². The number of nitrogens with zero attached hydrogens (tertiary/aromatic N) is 9. The van der Waals surface area contributed by atoms with E-state index in [2.05, 4.69) is 37.0 Å². The van der Waals surface area contributed by atoms with Crippen LogP contribution in [0.15, 0.2) is 36.5 Å². The minimum absolute atomic E-state index is 0.388. The number of thiazole rings is 1. The first-order valence-electron chi connectivity index (χ1n) is 9.39. The van der Waals surface area contributed by atoms with Gasteiger partial charge in [0.25, 0.3) is 0 Å². The molecule has 6 rings (SSSR count). The van der Waals surface area contributed by atoms with E-state index in [0.717, 1.165) is 41.1 Å². The highest BCUT2D eigenvalue weighted by Crippen LogP contribution is 2.43. The molecule has 2 aliphatic rings. The summed E-state index contributed by atoms with van der Waals surface area (Å²) < 4.78 is 9.70. The highest BCUT2D eigenvalue weighted by molar-refractivity contribution is 7.13. The summed E-state index contributed by atoms with van der Waals surface area (Å²) in [4.78, 5) is 20.7. The second-order valence-corrected chi connectivity index (χ2v) is 7.85. The Balaban J connectivity index is 1.55. The molecule has 0 amide bonds. The summed E-state index contributed by atoms with van der Waals surface area (Å²) in [6, 6.07) is 0. The van der Waals surface area contributed by atoms with E-state index in [0.29, 0.717) is 19.2 Å². The largest absolute Gasteiger partial charge is 0.377 e. The Morgan fingerprint density at radius 1 is 1.21 bits per heavy atom. The Labute approximate surface area is 169 Å². The molecule has 11 heteroatoms. The van der Waals surface area contributed by atoms with E-state index in [9.17, 15) is 0 Å². The van der Waals surface area contributed by atoms with Gasteiger partial charge in [-0.25, -0.2) is 15.0 Å². The lowest BCUT2D eigenvalue weighted by Gasteiger charge is -2.49. The minimum atomic E-state index is -0.388. The van der Waals surface area contributed by atoms with E-state index < -0.39 is 0 Å². The van der Waals surface area contributed by atoms with Gasteiger partial charge in [0, 0.05) is 30.5 Å². The van der Waals surface area contributed by atoms with E-state index in [1.165, 1.54) is 11.3 Å². The number of ether oxygens (including phenoxy) is 1. The van der Waals surface area contributed by atoms with Gasteiger partial charge in [0.15, 0.2) is 22.5 Å². The van der Waals surface area contributed by atoms with Gasteiger partial charge in [-0.15, -0.1) is 21.5 Å². The number of morpholine rings is 1. The normalized spacial score (nSPS) is 20.2. The van der Waals surface area contributed by atoms with Crippen LogP contribution in [0.3, 0.4) is 0 Å². The van der Waals surface area contributed by atoms with Crippen LogP contribution in [-0.4, -0.2) is 59.0 Å². The van der Waals surface area contributed by atoms with Crippen molar-refractivity contribution >= 4 is 17.2 Å². The number of hydrogen-bond acceptors (Lipinski definition) is 9. The summed E-state index contributed by atoms with van der Waals surface area (Å²) in [5, 5.41) is 11.3. The molecular weight excluding hydrogens is 390 g/mol. The summed E-state index contributed by atoms with van der Waals surface area (Å²) in [5.41, 5.74) is 0.483. The molecule has 0 unspecified atom stereocenters. The fourth-order valence-corrected chi connectivity index (χ4v) is 4.79. The second kappa shape index (κ2) is 6.16. The first kappa shape index (κ1) is 16.7. The Morgan fingerprint density at radius 3 is 3.03 bits per heavy atom. The minimum Gasteiger partial charge on any atom is -0.377 e. The molecular formula is C18H17N9OS. The van der Waals surface area contributed by atoms with Crippen LogP contribution in [0, 0.1) is 0 Å². The van der Waals surface area contributed by atoms with Crippen LogP contribution < -0.4 is 4.90 Å². The molecule has 10 nitrogen and oxygen atoms in total. The van der Waals surface area contributed by atoms with Crippen molar-refractivity contribution in [2.75, 3.05) is 24.7 Å². The van der Waals surface area contributed by atoms with Gasteiger partial charge in [-0.05, 0) is 6.42 Å². The molecule has 0 aromatic carbocycles. The van der Waals surface area contributed by atoms with Crippen LogP contribution in [0.2, 0.25) is 0 Å². The zero-order valence-electron chi connectivity index (χ0n) is 15.6. The standard InChI is InChI=1S/C18H17N9OS/c1-2-18-10-28-7-6-27(18)13-12(26-11-22-24-16(18)26)9-21-17(23-13)25-5-3-19-14(25)15-20-4-8-29-15/h3-5,8-9,11H,2,6-7,10H2,1H3/t18-/m1/s1. The molecule has 0 radical (unpaired) electrons. The Kier molecular flexibility index (Phi) is 3.56. The Morgan fingerprint density at radius 2 is 2.17 bits per heavy atom. The van der Waals surface area contributed by atoms with Crippen LogP contribution in [0.5, 0.6) is 0 Å². The third kappa shape index (κ3) is 2.25. The monoisotopic (exact) mass is 407 g/mol. The number of fused-ring (bicyclic) bond motifs is 6. The Hall–Kier alpha value is -3.18. The predicted molar refractivity (Wildman–Crippen MR) is 105 cm³/mol. The Bertz CT molecular complexity index is 1180. The molecule has 0 bridgehead atoms. The van der Waals surface area contributed by atoms with Gasteiger partial charge in [0.05, 0.1) is 19.4 Å². The van der Waals surface area contributed by atoms with Crippen molar-refractivity contribution in [1.82, 2.24) is 39.3 Å². The number of rotatable bonds is 3. The third-order valence-corrected chi connectivity index (χ3v) is 6.37. The maximum Gasteiger partial charge on any atom is 0.237 e. The van der Waals surface area contributed by atoms with Gasteiger partial charge in [-0.3, -0.25) is 9.13 Å². The van der Waals surface area contributed by atoms with E-state index >= 15 is 0 Å². The van der Waals surface area contributed by atoms with Crippen LogP contribution in [0.25, 0.3) is 22.5 Å². The highest BCUT2D eigenvalue weighted by atomic mass is 32.1. The summed E-state index contributed by atoms with van der Waals surface area (Å²) in [7, 11) is 0. The van der Waals surface area contributed by atoms with Gasteiger partial charge in [-0.1, -0.05) is 6.92 Å². The van der Waals surface area contributed by atoms with Crippen molar-refractivity contribution in [3.05, 3.63) is 42.3 Å². The quantitative estimate of drug-likeness (QED) is 0.507. The average Bonchev–Trinajstić information content (AvgIpc) is 3.54. The molecule has 4 aromatic heterocycles. The maximum absolute atomic E-state index is 5.86. The summed E-state index contributed by atoms with van der Waals surface area (Å²) >= 11 is 1.53. The van der Waals surface area contributed by atoms with Crippen molar-refractivity contribution in [3.8, 4) is 22.5 Å². The number of hydrogen-bond donors (Lipinski definition) is 0. The zero-order valence-corrected chi connectivity index (χ0v) is 16.5. The van der Waals surface area contributed by atoms with Gasteiger partial charge < -0.3 is 9.64 Å². The molecule has 6 heterocycles. The third-order valence-electron chi connectivity index (χ3n) is 5.60. The van der Waals surface area contributed by atoms with Crippen molar-refractivity contribution in [3.63, 3.8) is 0 Å². The van der Waals surface area contributed by atoms with Crippen molar-refractivity contribution in [2.45, 2.75) is 18.9 Å². The van der Waals surface area contributed by atoms with Crippen LogP contribution >= 0.6 is 11.3 Å². The molecule has 0 N–H and O–H groups in total. The highest BCUT2D eigenvalue weighted by Gasteiger charge is 2.48. The van der Waals surface area contributed by atoms with Gasteiger partial charge >= 0.3 is 0 Å². The number of aromatic nitrogens is 8. The van der Waals surface area contributed by atoms with Crippen molar-refractivity contribution in [1.29, 1.82) is 0 Å². The molecule has 1 atom stereocenters. The van der Waals surface area contributed by atoms with Crippen molar-refractivity contribution < 1.29 is 4.74 Å².